The summed E-state index contributed by atoms with van der Waals surface area (Å²) >= 11 is 1.70. The zero-order chi connectivity index (χ0) is 13.0. The van der Waals surface area contributed by atoms with Crippen molar-refractivity contribution in [1.82, 2.24) is 9.97 Å². The number of hydrogen-bond donors (Lipinski definition) is 1. The van der Waals surface area contributed by atoms with Gasteiger partial charge in [-0.15, -0.1) is 11.3 Å². The minimum absolute atomic E-state index is 0.462. The normalized spacial score (nSPS) is 13.1. The first-order valence-electron chi connectivity index (χ1n) is 6.61. The van der Waals surface area contributed by atoms with Gasteiger partial charge in [0.05, 0.1) is 10.2 Å². The van der Waals surface area contributed by atoms with Crippen LogP contribution in [0.1, 0.15) is 40.0 Å². The molecule has 0 saturated heterocycles. The average Bonchev–Trinajstić information content (AvgIpc) is 2.77. The third-order valence-electron chi connectivity index (χ3n) is 3.04. The van der Waals surface area contributed by atoms with Gasteiger partial charge < -0.3 is 5.32 Å². The van der Waals surface area contributed by atoms with Crippen molar-refractivity contribution in [2.45, 2.75) is 46.1 Å². The number of hydrogen-bond acceptors (Lipinski definition) is 4. The van der Waals surface area contributed by atoms with Crippen LogP contribution in [0.15, 0.2) is 17.8 Å². The summed E-state index contributed by atoms with van der Waals surface area (Å²) in [7, 11) is 0. The predicted octanol–water partition coefficient (Wildman–Crippen LogP) is 4.32. The van der Waals surface area contributed by atoms with E-state index in [1.165, 1.54) is 19.3 Å². The van der Waals surface area contributed by atoms with Gasteiger partial charge in [0, 0.05) is 6.04 Å². The number of rotatable bonds is 6. The van der Waals surface area contributed by atoms with Crippen LogP contribution in [0.5, 0.6) is 0 Å². The molecular formula is C14H21N3S. The number of anilines is 1. The van der Waals surface area contributed by atoms with Gasteiger partial charge in [-0.2, -0.15) is 0 Å². The molecule has 0 aliphatic rings. The van der Waals surface area contributed by atoms with E-state index in [1.54, 1.807) is 17.7 Å². The third kappa shape index (κ3) is 3.42. The highest BCUT2D eigenvalue weighted by Gasteiger charge is 2.08. The largest absolute Gasteiger partial charge is 0.366 e. The Morgan fingerprint density at radius 1 is 1.22 bits per heavy atom. The first-order valence-corrected chi connectivity index (χ1v) is 7.49. The van der Waals surface area contributed by atoms with Crippen LogP contribution in [0.2, 0.25) is 0 Å². The lowest BCUT2D eigenvalue weighted by Crippen LogP contribution is -2.16. The molecule has 18 heavy (non-hydrogen) atoms. The van der Waals surface area contributed by atoms with Crippen molar-refractivity contribution in [2.24, 2.45) is 5.92 Å². The molecule has 2 aromatic heterocycles. The molecule has 2 rings (SSSR count). The van der Waals surface area contributed by atoms with E-state index < -0.39 is 0 Å². The molecule has 2 heterocycles. The second-order valence-corrected chi connectivity index (χ2v) is 6.14. The van der Waals surface area contributed by atoms with Crippen molar-refractivity contribution in [3.8, 4) is 0 Å². The zero-order valence-electron chi connectivity index (χ0n) is 11.3. The first kappa shape index (κ1) is 13.3. The fourth-order valence-corrected chi connectivity index (χ4v) is 2.83. The fourth-order valence-electron chi connectivity index (χ4n) is 2.03. The smallest absolute Gasteiger partial charge is 0.147 e. The Bertz CT molecular complexity index is 492. The van der Waals surface area contributed by atoms with Gasteiger partial charge in [-0.25, -0.2) is 9.97 Å². The fraction of sp³-hybridized carbons (Fsp3) is 0.571. The van der Waals surface area contributed by atoms with E-state index in [1.807, 2.05) is 6.07 Å². The molecule has 1 N–H and O–H groups in total. The summed E-state index contributed by atoms with van der Waals surface area (Å²) in [6, 6.07) is 2.50. The number of thiophene rings is 1. The summed E-state index contributed by atoms with van der Waals surface area (Å²) in [4.78, 5) is 8.60. The summed E-state index contributed by atoms with van der Waals surface area (Å²) < 4.78 is 1.16. The molecule has 0 aromatic carbocycles. The van der Waals surface area contributed by atoms with E-state index in [-0.39, 0.29) is 0 Å². The molecule has 0 aliphatic carbocycles. The average molecular weight is 263 g/mol. The highest BCUT2D eigenvalue weighted by atomic mass is 32.1. The SMILES string of the molecule is CC(C)CCCC(C)Nc1ncnc2ccsc12. The molecule has 4 heteroatoms. The Labute approximate surface area is 113 Å². The van der Waals surface area contributed by atoms with Crippen LogP contribution in [-0.4, -0.2) is 16.0 Å². The monoisotopic (exact) mass is 263 g/mol. The minimum Gasteiger partial charge on any atom is -0.366 e. The van der Waals surface area contributed by atoms with Crippen LogP contribution in [0.3, 0.4) is 0 Å². The lowest BCUT2D eigenvalue weighted by atomic mass is 10.0. The van der Waals surface area contributed by atoms with Crippen LogP contribution in [0, 0.1) is 5.92 Å². The van der Waals surface area contributed by atoms with Gasteiger partial charge in [0.2, 0.25) is 0 Å². The molecular weight excluding hydrogens is 242 g/mol. The number of nitrogens with zero attached hydrogens (tertiary/aromatic N) is 2. The molecule has 0 saturated carbocycles. The minimum atomic E-state index is 0.462. The van der Waals surface area contributed by atoms with Gasteiger partial charge in [0.25, 0.3) is 0 Å². The summed E-state index contributed by atoms with van der Waals surface area (Å²) in [6.45, 7) is 6.78. The van der Waals surface area contributed by atoms with Crippen molar-refractivity contribution >= 4 is 27.4 Å². The van der Waals surface area contributed by atoms with Gasteiger partial charge in [-0.05, 0) is 30.7 Å². The molecule has 1 atom stereocenters. The molecule has 98 valence electrons. The predicted molar refractivity (Wildman–Crippen MR) is 79.2 cm³/mol. The molecule has 3 nitrogen and oxygen atoms in total. The number of aromatic nitrogens is 2. The Hall–Kier alpha value is -1.16. The van der Waals surface area contributed by atoms with Gasteiger partial charge >= 0.3 is 0 Å². The molecule has 0 amide bonds. The van der Waals surface area contributed by atoms with E-state index in [2.05, 4.69) is 41.4 Å². The summed E-state index contributed by atoms with van der Waals surface area (Å²) in [5, 5.41) is 5.57. The van der Waals surface area contributed by atoms with Crippen LogP contribution in [-0.2, 0) is 0 Å². The Kier molecular flexibility index (Phi) is 4.53. The summed E-state index contributed by atoms with van der Waals surface area (Å²) in [5.74, 6) is 1.77. The van der Waals surface area contributed by atoms with Gasteiger partial charge in [0.1, 0.15) is 12.1 Å². The van der Waals surface area contributed by atoms with Gasteiger partial charge in [-0.1, -0.05) is 26.7 Å². The summed E-state index contributed by atoms with van der Waals surface area (Å²) in [5.41, 5.74) is 1.03. The van der Waals surface area contributed by atoms with E-state index >= 15 is 0 Å². The standard InChI is InChI=1S/C14H21N3S/c1-10(2)5-4-6-11(3)17-14-13-12(7-8-18-13)15-9-16-14/h7-11H,4-6H2,1-3H3,(H,15,16,17). The maximum Gasteiger partial charge on any atom is 0.147 e. The van der Waals surface area contributed by atoms with E-state index in [0.717, 1.165) is 22.0 Å². The Morgan fingerprint density at radius 3 is 2.83 bits per heavy atom. The van der Waals surface area contributed by atoms with Crippen molar-refractivity contribution in [1.29, 1.82) is 0 Å². The van der Waals surface area contributed by atoms with Crippen molar-refractivity contribution in [2.75, 3.05) is 5.32 Å². The number of fused-ring (bicyclic) bond motifs is 1. The Morgan fingerprint density at radius 2 is 2.06 bits per heavy atom. The molecule has 0 spiro atoms. The van der Waals surface area contributed by atoms with Gasteiger partial charge in [-0.3, -0.25) is 0 Å². The van der Waals surface area contributed by atoms with Crippen molar-refractivity contribution < 1.29 is 0 Å². The number of nitrogens with one attached hydrogen (secondary N) is 1. The van der Waals surface area contributed by atoms with Crippen LogP contribution >= 0.6 is 11.3 Å². The maximum absolute atomic E-state index is 4.35. The highest BCUT2D eigenvalue weighted by Crippen LogP contribution is 2.25. The highest BCUT2D eigenvalue weighted by molar-refractivity contribution is 7.17. The topological polar surface area (TPSA) is 37.8 Å². The zero-order valence-corrected chi connectivity index (χ0v) is 12.1. The quantitative estimate of drug-likeness (QED) is 0.843. The molecule has 0 fully saturated rings. The van der Waals surface area contributed by atoms with E-state index in [0.29, 0.717) is 6.04 Å². The molecule has 1 unspecified atom stereocenters. The van der Waals surface area contributed by atoms with Crippen LogP contribution in [0.4, 0.5) is 5.82 Å². The maximum atomic E-state index is 4.35. The van der Waals surface area contributed by atoms with E-state index in [4.69, 9.17) is 0 Å². The lowest BCUT2D eigenvalue weighted by molar-refractivity contribution is 0.520. The van der Waals surface area contributed by atoms with Crippen LogP contribution in [0.25, 0.3) is 10.2 Å². The molecule has 0 bridgehead atoms. The second-order valence-electron chi connectivity index (χ2n) is 5.23. The van der Waals surface area contributed by atoms with Gasteiger partial charge in [0.15, 0.2) is 0 Å². The summed E-state index contributed by atoms with van der Waals surface area (Å²) in [6.07, 6.45) is 5.39. The molecule has 2 aromatic rings. The second kappa shape index (κ2) is 6.14. The third-order valence-corrected chi connectivity index (χ3v) is 3.96. The molecule has 0 aliphatic heterocycles. The van der Waals surface area contributed by atoms with Crippen molar-refractivity contribution in [3.05, 3.63) is 17.8 Å². The van der Waals surface area contributed by atoms with Crippen LogP contribution < -0.4 is 5.32 Å². The lowest BCUT2D eigenvalue weighted by Gasteiger charge is -2.15. The Balaban J connectivity index is 1.94. The molecule has 0 radical (unpaired) electrons. The first-order chi connectivity index (χ1) is 8.66. The van der Waals surface area contributed by atoms with E-state index in [9.17, 15) is 0 Å². The van der Waals surface area contributed by atoms with Crippen molar-refractivity contribution in [3.63, 3.8) is 0 Å².